The highest BCUT2D eigenvalue weighted by Crippen LogP contribution is 2.17. The van der Waals surface area contributed by atoms with Crippen LogP contribution in [-0.4, -0.2) is 18.8 Å². The Balaban J connectivity index is 3.06. The topological polar surface area (TPSA) is 37.4 Å². The van der Waals surface area contributed by atoms with Gasteiger partial charge in [0, 0.05) is 6.54 Å². The molecule has 0 atom stereocenters. The third-order valence-corrected chi connectivity index (χ3v) is 4.07. The molecule has 82 valence electrons. The van der Waals surface area contributed by atoms with Crippen LogP contribution in [0.4, 0.5) is 0 Å². The summed E-state index contributed by atoms with van der Waals surface area (Å²) in [5, 5.41) is 0. The zero-order valence-electron chi connectivity index (χ0n) is 8.35. The molecule has 1 aromatic carbocycles. The van der Waals surface area contributed by atoms with E-state index in [1.54, 1.807) is 12.1 Å². The van der Waals surface area contributed by atoms with Gasteiger partial charge in [-0.1, -0.05) is 23.8 Å². The van der Waals surface area contributed by atoms with Gasteiger partial charge in [-0.2, -0.15) is 0 Å². The van der Waals surface area contributed by atoms with E-state index in [0.29, 0.717) is 0 Å². The van der Waals surface area contributed by atoms with Gasteiger partial charge in [-0.15, -0.1) is 10.4 Å². The molecule has 0 amide bonds. The third-order valence-electron chi connectivity index (χ3n) is 1.85. The molecule has 0 saturated carbocycles. The second-order valence-corrected chi connectivity index (χ2v) is 5.55. The van der Waals surface area contributed by atoms with E-state index in [9.17, 15) is 8.42 Å². The fourth-order valence-electron chi connectivity index (χ4n) is 1.02. The summed E-state index contributed by atoms with van der Waals surface area (Å²) in [6.45, 7) is 5.40. The molecule has 0 unspecified atom stereocenters. The molecule has 0 aromatic heterocycles. The largest absolute Gasteiger partial charge is 0.256 e. The Hall–Kier alpha value is -0.840. The highest BCUT2D eigenvalue weighted by atomic mass is 35.5. The lowest BCUT2D eigenvalue weighted by Gasteiger charge is -2.11. The van der Waals surface area contributed by atoms with E-state index in [-0.39, 0.29) is 11.4 Å². The average Bonchev–Trinajstić information content (AvgIpc) is 2.18. The Kier molecular flexibility index (Phi) is 3.90. The van der Waals surface area contributed by atoms with Gasteiger partial charge in [0.05, 0.1) is 4.90 Å². The quantitative estimate of drug-likeness (QED) is 0.603. The van der Waals surface area contributed by atoms with Crippen LogP contribution in [-0.2, 0) is 10.0 Å². The molecule has 5 heteroatoms. The van der Waals surface area contributed by atoms with E-state index in [1.807, 2.05) is 6.92 Å². The number of sulfonamides is 1. The number of hydrogen-bond acceptors (Lipinski definition) is 2. The zero-order valence-corrected chi connectivity index (χ0v) is 9.92. The normalized spacial score (nSPS) is 11.7. The molecular formula is C10H12ClNO2S. The Morgan fingerprint density at radius 1 is 1.40 bits per heavy atom. The van der Waals surface area contributed by atoms with E-state index in [0.717, 1.165) is 9.39 Å². The summed E-state index contributed by atoms with van der Waals surface area (Å²) >= 11 is 5.62. The molecule has 0 spiro atoms. The fraction of sp³-hybridized carbons (Fsp3) is 0.200. The molecule has 0 aliphatic carbocycles. The number of aryl methyl sites for hydroxylation is 1. The first kappa shape index (κ1) is 12.2. The van der Waals surface area contributed by atoms with Crippen molar-refractivity contribution in [3.05, 3.63) is 42.5 Å². The fourth-order valence-corrected chi connectivity index (χ4v) is 2.37. The number of hydrogen-bond donors (Lipinski definition) is 0. The van der Waals surface area contributed by atoms with E-state index in [4.69, 9.17) is 11.8 Å². The molecular weight excluding hydrogens is 234 g/mol. The van der Waals surface area contributed by atoms with Crippen LogP contribution in [0.3, 0.4) is 0 Å². The summed E-state index contributed by atoms with van der Waals surface area (Å²) in [6.07, 6.45) is 1.43. The maximum atomic E-state index is 11.8. The summed E-state index contributed by atoms with van der Waals surface area (Å²) in [5.74, 6) is 0. The summed E-state index contributed by atoms with van der Waals surface area (Å²) < 4.78 is 24.3. The van der Waals surface area contributed by atoms with Gasteiger partial charge in [-0.3, -0.25) is 0 Å². The molecule has 15 heavy (non-hydrogen) atoms. The van der Waals surface area contributed by atoms with Crippen molar-refractivity contribution in [2.24, 2.45) is 0 Å². The average molecular weight is 246 g/mol. The molecule has 0 radical (unpaired) electrons. The molecule has 3 nitrogen and oxygen atoms in total. The third kappa shape index (κ3) is 2.81. The maximum absolute atomic E-state index is 11.8. The predicted octanol–water partition coefficient (Wildman–Crippen LogP) is 2.33. The minimum Gasteiger partial charge on any atom is -0.206 e. The number of rotatable bonds is 4. The van der Waals surface area contributed by atoms with Crippen LogP contribution < -0.4 is 0 Å². The van der Waals surface area contributed by atoms with Gasteiger partial charge in [0.15, 0.2) is 0 Å². The van der Waals surface area contributed by atoms with Gasteiger partial charge >= 0.3 is 0 Å². The molecule has 0 bridgehead atoms. The van der Waals surface area contributed by atoms with Crippen molar-refractivity contribution in [1.29, 1.82) is 0 Å². The van der Waals surface area contributed by atoms with Crippen LogP contribution in [0.25, 0.3) is 0 Å². The SMILES string of the molecule is C=CCN(Cl)S(=O)(=O)c1ccc(C)cc1. The minimum atomic E-state index is -3.59. The van der Waals surface area contributed by atoms with Gasteiger partial charge in [0.2, 0.25) is 0 Å². The van der Waals surface area contributed by atoms with Crippen molar-refractivity contribution in [1.82, 2.24) is 3.82 Å². The molecule has 0 aliphatic heterocycles. The number of nitrogens with zero attached hydrogens (tertiary/aromatic N) is 1. The van der Waals surface area contributed by atoms with Gasteiger partial charge in [0.1, 0.15) is 0 Å². The highest BCUT2D eigenvalue weighted by molar-refractivity contribution is 7.90. The van der Waals surface area contributed by atoms with Crippen molar-refractivity contribution in [2.75, 3.05) is 6.54 Å². The Morgan fingerprint density at radius 3 is 2.40 bits per heavy atom. The van der Waals surface area contributed by atoms with Crippen molar-refractivity contribution in [2.45, 2.75) is 11.8 Å². The van der Waals surface area contributed by atoms with Gasteiger partial charge in [-0.05, 0) is 30.8 Å². The zero-order chi connectivity index (χ0) is 11.5. The smallest absolute Gasteiger partial charge is 0.206 e. The minimum absolute atomic E-state index is 0.0811. The molecule has 0 heterocycles. The van der Waals surface area contributed by atoms with E-state index in [2.05, 4.69) is 6.58 Å². The molecule has 1 aromatic rings. The Bertz CT molecular complexity index is 439. The van der Waals surface area contributed by atoms with E-state index in [1.165, 1.54) is 18.2 Å². The van der Waals surface area contributed by atoms with Crippen LogP contribution in [0.5, 0.6) is 0 Å². The first-order valence-electron chi connectivity index (χ1n) is 4.34. The molecule has 0 saturated heterocycles. The summed E-state index contributed by atoms with van der Waals surface area (Å²) in [5.41, 5.74) is 0.999. The highest BCUT2D eigenvalue weighted by Gasteiger charge is 2.21. The van der Waals surface area contributed by atoms with Gasteiger partial charge in [0.25, 0.3) is 10.0 Å². The van der Waals surface area contributed by atoms with Crippen LogP contribution in [0.15, 0.2) is 41.8 Å². The first-order valence-corrected chi connectivity index (χ1v) is 6.12. The maximum Gasteiger partial charge on any atom is 0.256 e. The number of halogens is 1. The Labute approximate surface area is 95.1 Å². The second-order valence-electron chi connectivity index (χ2n) is 3.08. The van der Waals surface area contributed by atoms with Crippen LogP contribution in [0.2, 0.25) is 0 Å². The van der Waals surface area contributed by atoms with Gasteiger partial charge in [-0.25, -0.2) is 8.42 Å². The number of benzene rings is 1. The van der Waals surface area contributed by atoms with E-state index < -0.39 is 10.0 Å². The Morgan fingerprint density at radius 2 is 1.93 bits per heavy atom. The van der Waals surface area contributed by atoms with Crippen LogP contribution in [0, 0.1) is 6.92 Å². The van der Waals surface area contributed by atoms with Crippen molar-refractivity contribution in [3.8, 4) is 0 Å². The van der Waals surface area contributed by atoms with Gasteiger partial charge < -0.3 is 0 Å². The second kappa shape index (κ2) is 4.79. The van der Waals surface area contributed by atoms with Crippen molar-refractivity contribution in [3.63, 3.8) is 0 Å². The molecule has 0 aliphatic rings. The monoisotopic (exact) mass is 245 g/mol. The van der Waals surface area contributed by atoms with Crippen molar-refractivity contribution < 1.29 is 8.42 Å². The lowest BCUT2D eigenvalue weighted by Crippen LogP contribution is -2.21. The predicted molar refractivity (Wildman–Crippen MR) is 61.1 cm³/mol. The molecule has 1 rings (SSSR count). The lowest BCUT2D eigenvalue weighted by atomic mass is 10.2. The van der Waals surface area contributed by atoms with Crippen LogP contribution in [0.1, 0.15) is 5.56 Å². The summed E-state index contributed by atoms with van der Waals surface area (Å²) in [6, 6.07) is 6.52. The van der Waals surface area contributed by atoms with Crippen molar-refractivity contribution >= 4 is 21.8 Å². The standard InChI is InChI=1S/C10H12ClNO2S/c1-3-8-12(11)15(13,14)10-6-4-9(2)5-7-10/h3-7H,1,8H2,2H3. The summed E-state index contributed by atoms with van der Waals surface area (Å²) in [4.78, 5) is 0.185. The molecule has 0 fully saturated rings. The lowest BCUT2D eigenvalue weighted by molar-refractivity contribution is 0.551. The summed E-state index contributed by atoms with van der Waals surface area (Å²) in [7, 11) is -3.59. The van der Waals surface area contributed by atoms with E-state index >= 15 is 0 Å². The molecule has 0 N–H and O–H groups in total. The first-order chi connectivity index (χ1) is 6.98. The van der Waals surface area contributed by atoms with Crippen LogP contribution >= 0.6 is 11.8 Å².